The number of fused-ring (bicyclic) bond motifs is 2. The maximum atomic E-state index is 12.9. The number of nitrogens with zero attached hydrogens (tertiary/aromatic N) is 6. The van der Waals surface area contributed by atoms with E-state index in [4.69, 9.17) is 14.5 Å². The van der Waals surface area contributed by atoms with Crippen LogP contribution in [0.3, 0.4) is 0 Å². The molecule has 9 nitrogen and oxygen atoms in total. The van der Waals surface area contributed by atoms with Crippen LogP contribution in [0.1, 0.15) is 42.0 Å². The number of morpholine rings is 1. The number of rotatable bonds is 2. The lowest BCUT2D eigenvalue weighted by atomic mass is 9.80. The average Bonchev–Trinajstić information content (AvgIpc) is 3.34. The molecule has 5 rings (SSSR count). The van der Waals surface area contributed by atoms with Crippen molar-refractivity contribution in [2.45, 2.75) is 44.5 Å². The number of aryl methyl sites for hydroxylation is 1. The van der Waals surface area contributed by atoms with E-state index >= 15 is 0 Å². The third-order valence-corrected chi connectivity index (χ3v) is 6.27. The van der Waals surface area contributed by atoms with E-state index in [0.29, 0.717) is 32.0 Å². The zero-order valence-electron chi connectivity index (χ0n) is 17.7. The number of ether oxygens (including phenoxy) is 2. The fraction of sp³-hybridized carbons (Fsp3) is 0.619. The van der Waals surface area contributed by atoms with Crippen LogP contribution in [0.15, 0.2) is 18.5 Å². The van der Waals surface area contributed by atoms with E-state index in [1.165, 1.54) is 0 Å². The number of carbonyl (C=O) groups excluding carboxylic acids is 1. The molecule has 1 spiro atoms. The van der Waals surface area contributed by atoms with Gasteiger partial charge in [0.15, 0.2) is 0 Å². The minimum Gasteiger partial charge on any atom is -0.376 e. The van der Waals surface area contributed by atoms with E-state index in [9.17, 15) is 4.79 Å². The Balaban J connectivity index is 1.42. The number of amides is 1. The minimum absolute atomic E-state index is 0.0373. The molecule has 3 aliphatic heterocycles. The molecule has 30 heavy (non-hydrogen) atoms. The second-order valence-corrected chi connectivity index (χ2v) is 8.83. The molecule has 2 aromatic heterocycles. The zero-order valence-corrected chi connectivity index (χ0v) is 17.7. The topological polar surface area (TPSA) is 85.6 Å². The number of carbonyl (C=O) groups is 1. The molecule has 0 radical (unpaired) electrons. The molecule has 0 aliphatic carbocycles. The van der Waals surface area contributed by atoms with Crippen molar-refractivity contribution in [3.63, 3.8) is 0 Å². The van der Waals surface area contributed by atoms with E-state index < -0.39 is 0 Å². The monoisotopic (exact) mass is 412 g/mol. The second kappa shape index (κ2) is 7.31. The van der Waals surface area contributed by atoms with Crippen molar-refractivity contribution in [3.8, 4) is 0 Å². The van der Waals surface area contributed by atoms with Crippen LogP contribution in [0.5, 0.6) is 0 Å². The Labute approximate surface area is 176 Å². The Morgan fingerprint density at radius 1 is 1.27 bits per heavy atom. The summed E-state index contributed by atoms with van der Waals surface area (Å²) >= 11 is 0. The van der Waals surface area contributed by atoms with Gasteiger partial charge in [-0.15, -0.1) is 0 Å². The third-order valence-electron chi connectivity index (χ3n) is 6.27. The summed E-state index contributed by atoms with van der Waals surface area (Å²) in [4.78, 5) is 26.7. The lowest BCUT2D eigenvalue weighted by Gasteiger charge is -2.38. The molecule has 160 valence electrons. The molecule has 0 unspecified atom stereocenters. The molecular formula is C21H28N6O3. The SMILES string of the molecule is C[C@@H]1CN(c2ncc3c(n2)[C@@]2(CCN(C(=O)c4ccn(C)n4)C2)COC3)C[C@@H](C)O1. The summed E-state index contributed by atoms with van der Waals surface area (Å²) in [5, 5.41) is 4.27. The van der Waals surface area contributed by atoms with Gasteiger partial charge in [-0.1, -0.05) is 0 Å². The van der Waals surface area contributed by atoms with E-state index in [2.05, 4.69) is 28.8 Å². The standard InChI is InChI=1S/C21H28N6O3/c1-14-9-27(10-15(2)30-14)20-22-8-16-11-29-13-21(18(16)23-20)5-7-26(12-21)19(28)17-4-6-25(3)24-17/h4,6,8,14-15H,5,7,9-13H2,1-3H3/t14-,15-,21-/m1/s1. The van der Waals surface area contributed by atoms with Gasteiger partial charge in [0.05, 0.1) is 36.5 Å². The summed E-state index contributed by atoms with van der Waals surface area (Å²) in [6.07, 6.45) is 4.80. The lowest BCUT2D eigenvalue weighted by molar-refractivity contribution is -0.00584. The molecule has 5 heterocycles. The van der Waals surface area contributed by atoms with Crippen LogP contribution in [0, 0.1) is 0 Å². The van der Waals surface area contributed by atoms with Crippen molar-refractivity contribution in [1.29, 1.82) is 0 Å². The quantitative estimate of drug-likeness (QED) is 0.731. The Morgan fingerprint density at radius 3 is 2.80 bits per heavy atom. The Hall–Kier alpha value is -2.52. The molecule has 2 fully saturated rings. The molecule has 3 aliphatic rings. The number of hydrogen-bond donors (Lipinski definition) is 0. The largest absolute Gasteiger partial charge is 0.376 e. The Bertz CT molecular complexity index is 952. The summed E-state index contributed by atoms with van der Waals surface area (Å²) in [5.41, 5.74) is 2.23. The first-order chi connectivity index (χ1) is 14.4. The fourth-order valence-corrected chi connectivity index (χ4v) is 4.93. The van der Waals surface area contributed by atoms with Gasteiger partial charge < -0.3 is 19.3 Å². The molecule has 9 heteroatoms. The normalized spacial score (nSPS) is 28.8. The maximum Gasteiger partial charge on any atom is 0.274 e. The molecular weight excluding hydrogens is 384 g/mol. The first-order valence-corrected chi connectivity index (χ1v) is 10.6. The maximum absolute atomic E-state index is 12.9. The average molecular weight is 412 g/mol. The first-order valence-electron chi connectivity index (χ1n) is 10.6. The Morgan fingerprint density at radius 2 is 2.07 bits per heavy atom. The first kappa shape index (κ1) is 19.4. The highest BCUT2D eigenvalue weighted by atomic mass is 16.5. The lowest BCUT2D eigenvalue weighted by Crippen LogP contribution is -2.47. The van der Waals surface area contributed by atoms with Gasteiger partial charge in [0.2, 0.25) is 5.95 Å². The zero-order chi connectivity index (χ0) is 20.9. The van der Waals surface area contributed by atoms with Gasteiger partial charge in [0.1, 0.15) is 5.69 Å². The summed E-state index contributed by atoms with van der Waals surface area (Å²) in [7, 11) is 1.82. The van der Waals surface area contributed by atoms with E-state index in [0.717, 1.165) is 36.7 Å². The number of likely N-dealkylation sites (tertiary alicyclic amines) is 1. The van der Waals surface area contributed by atoms with Crippen LogP contribution in [-0.4, -0.2) is 75.5 Å². The van der Waals surface area contributed by atoms with Gasteiger partial charge in [0, 0.05) is 51.2 Å². The summed E-state index contributed by atoms with van der Waals surface area (Å²) < 4.78 is 13.4. The number of hydrogen-bond acceptors (Lipinski definition) is 7. The molecule has 0 aromatic carbocycles. The summed E-state index contributed by atoms with van der Waals surface area (Å²) in [6, 6.07) is 1.76. The highest BCUT2D eigenvalue weighted by molar-refractivity contribution is 5.92. The van der Waals surface area contributed by atoms with Gasteiger partial charge in [-0.3, -0.25) is 9.48 Å². The van der Waals surface area contributed by atoms with Crippen molar-refractivity contribution < 1.29 is 14.3 Å². The van der Waals surface area contributed by atoms with Gasteiger partial charge >= 0.3 is 0 Å². The second-order valence-electron chi connectivity index (χ2n) is 8.83. The molecule has 0 N–H and O–H groups in total. The molecule has 0 bridgehead atoms. The highest BCUT2D eigenvalue weighted by Crippen LogP contribution is 2.40. The van der Waals surface area contributed by atoms with Gasteiger partial charge in [-0.25, -0.2) is 9.97 Å². The van der Waals surface area contributed by atoms with Crippen molar-refractivity contribution in [2.75, 3.05) is 37.7 Å². The van der Waals surface area contributed by atoms with E-state index in [1.807, 2.05) is 18.1 Å². The van der Waals surface area contributed by atoms with Crippen LogP contribution in [-0.2, 0) is 28.5 Å². The molecule has 1 amide bonds. The summed E-state index contributed by atoms with van der Waals surface area (Å²) in [6.45, 7) is 8.04. The fourth-order valence-electron chi connectivity index (χ4n) is 4.93. The molecule has 3 atom stereocenters. The van der Waals surface area contributed by atoms with Crippen LogP contribution >= 0.6 is 0 Å². The van der Waals surface area contributed by atoms with Crippen molar-refractivity contribution in [3.05, 3.63) is 35.4 Å². The molecule has 0 saturated carbocycles. The predicted octanol–water partition coefficient (Wildman–Crippen LogP) is 1.14. The summed E-state index contributed by atoms with van der Waals surface area (Å²) in [5.74, 6) is 0.705. The molecule has 2 aromatic rings. The van der Waals surface area contributed by atoms with Crippen LogP contribution < -0.4 is 4.90 Å². The molecule has 2 saturated heterocycles. The smallest absolute Gasteiger partial charge is 0.274 e. The number of anilines is 1. The van der Waals surface area contributed by atoms with Crippen LogP contribution in [0.25, 0.3) is 0 Å². The Kier molecular flexibility index (Phi) is 4.74. The number of aromatic nitrogens is 4. The van der Waals surface area contributed by atoms with Crippen molar-refractivity contribution in [2.24, 2.45) is 7.05 Å². The minimum atomic E-state index is -0.292. The van der Waals surface area contributed by atoms with E-state index in [1.54, 1.807) is 16.9 Å². The highest BCUT2D eigenvalue weighted by Gasteiger charge is 2.47. The third kappa shape index (κ3) is 3.35. The van der Waals surface area contributed by atoms with Crippen molar-refractivity contribution >= 4 is 11.9 Å². The van der Waals surface area contributed by atoms with Crippen molar-refractivity contribution in [1.82, 2.24) is 24.6 Å². The van der Waals surface area contributed by atoms with Crippen LogP contribution in [0.2, 0.25) is 0 Å². The van der Waals surface area contributed by atoms with Crippen LogP contribution in [0.4, 0.5) is 5.95 Å². The van der Waals surface area contributed by atoms with Gasteiger partial charge in [-0.2, -0.15) is 5.10 Å². The van der Waals surface area contributed by atoms with Gasteiger partial charge in [-0.05, 0) is 26.3 Å². The predicted molar refractivity (Wildman–Crippen MR) is 109 cm³/mol. The van der Waals surface area contributed by atoms with E-state index in [-0.39, 0.29) is 23.5 Å². The van der Waals surface area contributed by atoms with Gasteiger partial charge in [0.25, 0.3) is 5.91 Å².